The van der Waals surface area contributed by atoms with Crippen LogP contribution in [0.2, 0.25) is 0 Å². The van der Waals surface area contributed by atoms with E-state index in [1.54, 1.807) is 0 Å². The number of nitrogens with zero attached hydrogens (tertiary/aromatic N) is 4. The molecule has 4 rings (SSSR count). The van der Waals surface area contributed by atoms with Crippen LogP contribution in [0.5, 0.6) is 0 Å². The summed E-state index contributed by atoms with van der Waals surface area (Å²) in [6.07, 6.45) is -15.1. The topological polar surface area (TPSA) is 191 Å². The largest absolute Gasteiger partial charge is 0.490 e. The van der Waals surface area contributed by atoms with Crippen LogP contribution in [0.4, 0.5) is 52.7 Å². The maximum absolute atomic E-state index is 10.6. The first-order valence-corrected chi connectivity index (χ1v) is 14.5. The van der Waals surface area contributed by atoms with Gasteiger partial charge in [-0.05, 0) is 37.1 Å². The second kappa shape index (κ2) is 21.2. The minimum absolute atomic E-state index is 0.362. The molecule has 0 saturated carbocycles. The molecule has 0 aromatic carbocycles. The number of halogens is 12. The highest BCUT2D eigenvalue weighted by Gasteiger charge is 2.44. The van der Waals surface area contributed by atoms with Crippen LogP contribution in [0.25, 0.3) is 0 Å². The van der Waals surface area contributed by atoms with E-state index in [4.69, 9.17) is 49.3 Å². The van der Waals surface area contributed by atoms with Crippen LogP contribution in [0.1, 0.15) is 23.4 Å². The molecule has 306 valence electrons. The van der Waals surface area contributed by atoms with E-state index in [2.05, 4.69) is 46.0 Å². The van der Waals surface area contributed by atoms with E-state index >= 15 is 0 Å². The monoisotopic (exact) mass is 808 g/mol. The fourth-order valence-corrected chi connectivity index (χ4v) is 4.58. The number of aryl methyl sites for hydroxylation is 1. The summed E-state index contributed by atoms with van der Waals surface area (Å²) >= 11 is 0. The van der Waals surface area contributed by atoms with Gasteiger partial charge < -0.3 is 25.2 Å². The summed E-state index contributed by atoms with van der Waals surface area (Å²) in [5.74, 6) is -10.5. The molecule has 3 atom stereocenters. The second-order valence-corrected chi connectivity index (χ2v) is 10.8. The SMILES string of the molecule is CO[C@H]1CCN(Cc2cccc(C)n2)[C@@H]2CN(Cc3cccnc3)C[C@H]12.O=C(O)C(F)(F)F.O=C(O)C(F)(F)F.O=C(O)C(F)(F)F.O=C(O)C(F)(F)F. The first kappa shape index (κ1) is 49.2. The predicted molar refractivity (Wildman–Crippen MR) is 156 cm³/mol. The molecule has 4 N–H and O–H groups in total. The zero-order chi connectivity index (χ0) is 42.2. The Labute approximate surface area is 296 Å². The smallest absolute Gasteiger partial charge is 0.475 e. The van der Waals surface area contributed by atoms with Crippen LogP contribution in [-0.4, -0.2) is 128 Å². The van der Waals surface area contributed by atoms with Crippen LogP contribution >= 0.6 is 0 Å². The number of rotatable bonds is 5. The summed E-state index contributed by atoms with van der Waals surface area (Å²) in [6, 6.07) is 11.0. The average Bonchev–Trinajstić information content (AvgIpc) is 3.45. The average molecular weight is 809 g/mol. The summed E-state index contributed by atoms with van der Waals surface area (Å²) in [6.45, 7) is 7.22. The maximum Gasteiger partial charge on any atom is 0.490 e. The first-order chi connectivity index (χ1) is 24.5. The van der Waals surface area contributed by atoms with E-state index in [9.17, 15) is 52.7 Å². The van der Waals surface area contributed by atoms with Gasteiger partial charge in [-0.25, -0.2) is 19.2 Å². The van der Waals surface area contributed by atoms with Crippen molar-refractivity contribution in [3.8, 4) is 0 Å². The van der Waals surface area contributed by atoms with Crippen LogP contribution in [0.3, 0.4) is 0 Å². The van der Waals surface area contributed by atoms with Gasteiger partial charge >= 0.3 is 48.6 Å². The van der Waals surface area contributed by atoms with Crippen molar-refractivity contribution in [2.24, 2.45) is 5.92 Å². The number of carboxylic acids is 4. The van der Waals surface area contributed by atoms with E-state index in [0.29, 0.717) is 18.1 Å². The Bertz CT molecular complexity index is 1400. The number of carboxylic acid groups (broad SMARTS) is 4. The summed E-state index contributed by atoms with van der Waals surface area (Å²) in [5.41, 5.74) is 3.55. The third-order valence-electron chi connectivity index (χ3n) is 6.77. The fourth-order valence-electron chi connectivity index (χ4n) is 4.58. The number of fused-ring (bicyclic) bond motifs is 1. The maximum atomic E-state index is 10.6. The van der Waals surface area contributed by atoms with Gasteiger partial charge in [0, 0.05) is 69.9 Å². The number of piperidine rings is 1. The normalized spacial score (nSPS) is 18.7. The molecule has 2 saturated heterocycles. The molecule has 0 unspecified atom stereocenters. The summed E-state index contributed by atoms with van der Waals surface area (Å²) in [7, 11) is 1.86. The molecule has 0 radical (unpaired) electrons. The Morgan fingerprint density at radius 3 is 1.57 bits per heavy atom. The van der Waals surface area contributed by atoms with Crippen molar-refractivity contribution < 1.29 is 97.0 Å². The minimum atomic E-state index is -5.08. The van der Waals surface area contributed by atoms with Crippen molar-refractivity contribution in [2.45, 2.75) is 63.3 Å². The molecule has 0 aliphatic carbocycles. The number of carbonyl (C=O) groups is 4. The number of pyridine rings is 2. The first-order valence-electron chi connectivity index (χ1n) is 14.5. The van der Waals surface area contributed by atoms with Crippen molar-refractivity contribution in [1.29, 1.82) is 0 Å². The van der Waals surface area contributed by atoms with Gasteiger partial charge in [-0.2, -0.15) is 52.7 Å². The van der Waals surface area contributed by atoms with Crippen LogP contribution < -0.4 is 0 Å². The molecular weight excluding hydrogens is 776 g/mol. The second-order valence-electron chi connectivity index (χ2n) is 10.8. The molecule has 2 aliphatic heterocycles. The van der Waals surface area contributed by atoms with Crippen molar-refractivity contribution >= 4 is 23.9 Å². The molecule has 0 spiro atoms. The summed E-state index contributed by atoms with van der Waals surface area (Å²) < 4.78 is 133. The van der Waals surface area contributed by atoms with Gasteiger partial charge in [0.25, 0.3) is 0 Å². The predicted octanol–water partition coefficient (Wildman–Crippen LogP) is 5.04. The van der Waals surface area contributed by atoms with E-state index in [1.165, 1.54) is 11.3 Å². The van der Waals surface area contributed by atoms with Gasteiger partial charge in [0.15, 0.2) is 0 Å². The number of ether oxygens (including phenoxy) is 1. The highest BCUT2D eigenvalue weighted by Crippen LogP contribution is 2.34. The molecule has 0 bridgehead atoms. The summed E-state index contributed by atoms with van der Waals surface area (Å²) in [5, 5.41) is 28.5. The van der Waals surface area contributed by atoms with Gasteiger partial charge in [0.2, 0.25) is 0 Å². The number of likely N-dealkylation sites (tertiary alicyclic amines) is 2. The summed E-state index contributed by atoms with van der Waals surface area (Å²) in [4.78, 5) is 49.7. The number of methoxy groups -OCH3 is 1. The lowest BCUT2D eigenvalue weighted by Gasteiger charge is -2.41. The molecule has 2 aromatic heterocycles. The number of aliphatic carboxylic acids is 4. The van der Waals surface area contributed by atoms with Gasteiger partial charge in [0.05, 0.1) is 11.8 Å². The fraction of sp³-hybridized carbons (Fsp3) is 0.517. The molecule has 13 nitrogen and oxygen atoms in total. The number of alkyl halides is 12. The van der Waals surface area contributed by atoms with Gasteiger partial charge in [-0.15, -0.1) is 0 Å². The number of hydrogen-bond acceptors (Lipinski definition) is 9. The standard InChI is InChI=1S/C21H28N4O.4C2HF3O2/c1-16-5-3-7-18(23-16)13-25-10-8-21(26-2)19-14-24(15-20(19)25)12-17-6-4-9-22-11-17;4*3-2(4,5)1(6)7/h3-7,9,11,19-21H,8,10,12-15H2,1-2H3;4*(H,6,7)/t19-,20+,21-;;;;/m0..../s1. The van der Waals surface area contributed by atoms with Crippen LogP contribution in [-0.2, 0) is 37.0 Å². The van der Waals surface area contributed by atoms with E-state index in [1.807, 2.05) is 25.6 Å². The Morgan fingerprint density at radius 1 is 0.741 bits per heavy atom. The minimum Gasteiger partial charge on any atom is -0.475 e. The van der Waals surface area contributed by atoms with Crippen molar-refractivity contribution in [3.63, 3.8) is 0 Å². The van der Waals surface area contributed by atoms with Crippen molar-refractivity contribution in [2.75, 3.05) is 26.7 Å². The Morgan fingerprint density at radius 2 is 1.20 bits per heavy atom. The zero-order valence-electron chi connectivity index (χ0n) is 27.7. The lowest BCUT2D eigenvalue weighted by Crippen LogP contribution is -2.50. The lowest BCUT2D eigenvalue weighted by molar-refractivity contribution is -0.193. The third kappa shape index (κ3) is 19.3. The molecule has 2 aromatic rings. The van der Waals surface area contributed by atoms with Crippen LogP contribution in [0, 0.1) is 12.8 Å². The van der Waals surface area contributed by atoms with Crippen LogP contribution in [0.15, 0.2) is 42.7 Å². The molecule has 0 amide bonds. The van der Waals surface area contributed by atoms with E-state index < -0.39 is 48.6 Å². The van der Waals surface area contributed by atoms with Crippen molar-refractivity contribution in [3.05, 3.63) is 59.7 Å². The molecule has 4 heterocycles. The highest BCUT2D eigenvalue weighted by atomic mass is 19.4. The van der Waals surface area contributed by atoms with Crippen molar-refractivity contribution in [1.82, 2.24) is 19.8 Å². The molecule has 25 heteroatoms. The Kier molecular flexibility index (Phi) is 19.3. The Balaban J connectivity index is 0.000000820. The lowest BCUT2D eigenvalue weighted by atomic mass is 9.89. The third-order valence-corrected chi connectivity index (χ3v) is 6.77. The van der Waals surface area contributed by atoms with E-state index in [-0.39, 0.29) is 0 Å². The quantitative estimate of drug-likeness (QED) is 0.294. The van der Waals surface area contributed by atoms with Gasteiger partial charge in [-0.1, -0.05) is 12.1 Å². The van der Waals surface area contributed by atoms with E-state index in [0.717, 1.165) is 44.8 Å². The highest BCUT2D eigenvalue weighted by molar-refractivity contribution is 5.74. The van der Waals surface area contributed by atoms with Gasteiger partial charge in [0.1, 0.15) is 0 Å². The molecule has 2 aliphatic rings. The molecule has 2 fully saturated rings. The molecular formula is C29H32F12N4O9. The number of aromatic nitrogens is 2. The molecule has 54 heavy (non-hydrogen) atoms. The Hall–Kier alpha value is -4.78. The number of hydrogen-bond donors (Lipinski definition) is 4. The zero-order valence-corrected chi connectivity index (χ0v) is 27.7. The van der Waals surface area contributed by atoms with Gasteiger partial charge in [-0.3, -0.25) is 19.8 Å².